The predicted molar refractivity (Wildman–Crippen MR) is 80.7 cm³/mol. The zero-order valence-electron chi connectivity index (χ0n) is 11.4. The molecule has 1 aliphatic carbocycles. The molecule has 0 radical (unpaired) electrons. The van der Waals surface area contributed by atoms with Gasteiger partial charge in [-0.25, -0.2) is 9.82 Å². The van der Waals surface area contributed by atoms with Crippen molar-refractivity contribution >= 4 is 11.6 Å². The van der Waals surface area contributed by atoms with E-state index in [-0.39, 0.29) is 5.02 Å². The lowest BCUT2D eigenvalue weighted by molar-refractivity contribution is 0.302. The first kappa shape index (κ1) is 14.3. The number of hydrazine groups is 1. The van der Waals surface area contributed by atoms with Crippen molar-refractivity contribution in [1.29, 1.82) is 0 Å². The molecule has 0 aliphatic heterocycles. The van der Waals surface area contributed by atoms with Crippen LogP contribution >= 0.6 is 11.6 Å². The Morgan fingerprint density at radius 2 is 2.00 bits per heavy atom. The fraction of sp³-hybridized carbons (Fsp3) is 0.250. The standard InChI is InChI=1S/C16H16ClFN2O/c17-15-13(5-2-6-14(15)18)16(20-19)10-3-1-4-12(9-10)21-11-7-8-11/h1-6,9,11,16,20H,7-8,19H2. The van der Waals surface area contributed by atoms with Gasteiger partial charge in [-0.2, -0.15) is 0 Å². The fourth-order valence-electron chi connectivity index (χ4n) is 2.25. The second-order valence-corrected chi connectivity index (χ2v) is 5.51. The molecule has 3 nitrogen and oxygen atoms in total. The highest BCUT2D eigenvalue weighted by Crippen LogP contribution is 2.32. The van der Waals surface area contributed by atoms with E-state index in [2.05, 4.69) is 5.43 Å². The number of hydrogen-bond donors (Lipinski definition) is 2. The van der Waals surface area contributed by atoms with Crippen LogP contribution in [0.15, 0.2) is 42.5 Å². The van der Waals surface area contributed by atoms with Crippen molar-refractivity contribution in [2.45, 2.75) is 25.0 Å². The Hall–Kier alpha value is -1.62. The van der Waals surface area contributed by atoms with Gasteiger partial charge in [0.1, 0.15) is 11.6 Å². The van der Waals surface area contributed by atoms with E-state index in [1.807, 2.05) is 24.3 Å². The highest BCUT2D eigenvalue weighted by Gasteiger charge is 2.24. The molecular formula is C16H16ClFN2O. The monoisotopic (exact) mass is 306 g/mol. The predicted octanol–water partition coefficient (Wildman–Crippen LogP) is 3.57. The van der Waals surface area contributed by atoms with E-state index in [0.29, 0.717) is 11.7 Å². The van der Waals surface area contributed by atoms with Crippen molar-refractivity contribution in [1.82, 2.24) is 5.43 Å². The molecule has 1 saturated carbocycles. The van der Waals surface area contributed by atoms with E-state index in [0.717, 1.165) is 24.2 Å². The fourth-order valence-corrected chi connectivity index (χ4v) is 2.49. The molecule has 21 heavy (non-hydrogen) atoms. The molecule has 0 aromatic heterocycles. The van der Waals surface area contributed by atoms with Crippen molar-refractivity contribution in [3.63, 3.8) is 0 Å². The molecule has 2 aromatic carbocycles. The van der Waals surface area contributed by atoms with Gasteiger partial charge in [-0.05, 0) is 42.2 Å². The minimum absolute atomic E-state index is 0.0777. The van der Waals surface area contributed by atoms with Crippen molar-refractivity contribution in [2.75, 3.05) is 0 Å². The molecule has 1 atom stereocenters. The second-order valence-electron chi connectivity index (χ2n) is 5.13. The molecule has 3 N–H and O–H groups in total. The summed E-state index contributed by atoms with van der Waals surface area (Å²) in [4.78, 5) is 0. The van der Waals surface area contributed by atoms with E-state index in [4.69, 9.17) is 22.2 Å². The summed E-state index contributed by atoms with van der Waals surface area (Å²) in [5, 5.41) is 0.0777. The summed E-state index contributed by atoms with van der Waals surface area (Å²) in [6.07, 6.45) is 2.51. The van der Waals surface area contributed by atoms with Gasteiger partial charge in [0.2, 0.25) is 0 Å². The van der Waals surface area contributed by atoms with E-state index in [1.165, 1.54) is 6.07 Å². The molecular weight excluding hydrogens is 291 g/mol. The number of rotatable bonds is 5. The molecule has 5 heteroatoms. The average molecular weight is 307 g/mol. The number of benzene rings is 2. The minimum atomic E-state index is -0.459. The first-order valence-corrected chi connectivity index (χ1v) is 7.23. The largest absolute Gasteiger partial charge is 0.490 e. The van der Waals surface area contributed by atoms with Crippen molar-refractivity contribution in [3.05, 3.63) is 64.4 Å². The molecule has 1 fully saturated rings. The van der Waals surface area contributed by atoms with Crippen molar-refractivity contribution < 1.29 is 9.13 Å². The third-order valence-corrected chi connectivity index (χ3v) is 3.88. The summed E-state index contributed by atoms with van der Waals surface area (Å²) in [7, 11) is 0. The number of hydrogen-bond acceptors (Lipinski definition) is 3. The molecule has 0 heterocycles. The van der Waals surface area contributed by atoms with E-state index in [9.17, 15) is 4.39 Å². The van der Waals surface area contributed by atoms with Crippen LogP contribution in [0.25, 0.3) is 0 Å². The maximum absolute atomic E-state index is 13.6. The summed E-state index contributed by atoms with van der Waals surface area (Å²) in [5.74, 6) is 5.98. The SMILES string of the molecule is NNC(c1cccc(OC2CC2)c1)c1cccc(F)c1Cl. The quantitative estimate of drug-likeness (QED) is 0.656. The van der Waals surface area contributed by atoms with Crippen LogP contribution in [0.5, 0.6) is 5.75 Å². The summed E-state index contributed by atoms with van der Waals surface area (Å²) >= 11 is 6.05. The Morgan fingerprint density at radius 3 is 2.71 bits per heavy atom. The third-order valence-electron chi connectivity index (χ3n) is 3.48. The maximum Gasteiger partial charge on any atom is 0.142 e. The maximum atomic E-state index is 13.6. The van der Waals surface area contributed by atoms with E-state index < -0.39 is 11.9 Å². The first-order valence-electron chi connectivity index (χ1n) is 6.85. The average Bonchev–Trinajstić information content (AvgIpc) is 3.29. The molecule has 1 unspecified atom stereocenters. The molecule has 2 aromatic rings. The van der Waals surface area contributed by atoms with Gasteiger partial charge >= 0.3 is 0 Å². The lowest BCUT2D eigenvalue weighted by Gasteiger charge is -2.19. The van der Waals surface area contributed by atoms with Crippen molar-refractivity contribution in [3.8, 4) is 5.75 Å². The summed E-state index contributed by atoms with van der Waals surface area (Å²) in [5.41, 5.74) is 4.17. The number of nitrogens with two attached hydrogens (primary N) is 1. The van der Waals surface area contributed by atoms with Crippen LogP contribution in [-0.4, -0.2) is 6.10 Å². The van der Waals surface area contributed by atoms with Crippen LogP contribution in [0, 0.1) is 5.82 Å². The van der Waals surface area contributed by atoms with Gasteiger partial charge in [0.05, 0.1) is 17.2 Å². The van der Waals surface area contributed by atoms with Crippen LogP contribution in [0.4, 0.5) is 4.39 Å². The van der Waals surface area contributed by atoms with Crippen LogP contribution < -0.4 is 16.0 Å². The number of ether oxygens (including phenoxy) is 1. The van der Waals surface area contributed by atoms with E-state index >= 15 is 0 Å². The lowest BCUT2D eigenvalue weighted by Crippen LogP contribution is -2.29. The molecule has 110 valence electrons. The lowest BCUT2D eigenvalue weighted by atomic mass is 9.99. The summed E-state index contributed by atoms with van der Waals surface area (Å²) in [6.45, 7) is 0. The van der Waals surface area contributed by atoms with E-state index in [1.54, 1.807) is 12.1 Å². The first-order chi connectivity index (χ1) is 10.2. The highest BCUT2D eigenvalue weighted by molar-refractivity contribution is 6.31. The molecule has 0 spiro atoms. The van der Waals surface area contributed by atoms with Gasteiger partial charge < -0.3 is 4.74 Å². The zero-order chi connectivity index (χ0) is 14.8. The van der Waals surface area contributed by atoms with Gasteiger partial charge in [-0.3, -0.25) is 5.84 Å². The normalized spacial score (nSPS) is 15.8. The minimum Gasteiger partial charge on any atom is -0.490 e. The van der Waals surface area contributed by atoms with Crippen LogP contribution in [0.1, 0.15) is 30.0 Å². The van der Waals surface area contributed by atoms with Gasteiger partial charge in [0.15, 0.2) is 0 Å². The number of halogens is 2. The van der Waals surface area contributed by atoms with Gasteiger partial charge in [0.25, 0.3) is 0 Å². The molecule has 0 saturated heterocycles. The van der Waals surface area contributed by atoms with Crippen LogP contribution in [0.2, 0.25) is 5.02 Å². The molecule has 3 rings (SSSR count). The Morgan fingerprint density at radius 1 is 1.24 bits per heavy atom. The topological polar surface area (TPSA) is 47.3 Å². The summed E-state index contributed by atoms with van der Waals surface area (Å²) in [6, 6.07) is 11.9. The second kappa shape index (κ2) is 6.02. The highest BCUT2D eigenvalue weighted by atomic mass is 35.5. The van der Waals surface area contributed by atoms with Gasteiger partial charge in [-0.15, -0.1) is 0 Å². The zero-order valence-corrected chi connectivity index (χ0v) is 12.1. The molecule has 0 amide bonds. The smallest absolute Gasteiger partial charge is 0.142 e. The number of nitrogens with one attached hydrogen (secondary N) is 1. The Labute approximate surface area is 127 Å². The third kappa shape index (κ3) is 3.18. The van der Waals surface area contributed by atoms with Gasteiger partial charge in [0, 0.05) is 0 Å². The van der Waals surface area contributed by atoms with Gasteiger partial charge in [-0.1, -0.05) is 35.9 Å². The molecule has 0 bridgehead atoms. The van der Waals surface area contributed by atoms with Crippen LogP contribution in [0.3, 0.4) is 0 Å². The Balaban J connectivity index is 1.93. The summed E-state index contributed by atoms with van der Waals surface area (Å²) < 4.78 is 19.4. The van der Waals surface area contributed by atoms with Crippen molar-refractivity contribution in [2.24, 2.45) is 5.84 Å². The van der Waals surface area contributed by atoms with Crippen LogP contribution in [-0.2, 0) is 0 Å². The Bertz CT molecular complexity index is 646. The Kier molecular flexibility index (Phi) is 4.10. The molecule has 1 aliphatic rings.